The van der Waals surface area contributed by atoms with Crippen molar-refractivity contribution in [1.82, 2.24) is 10.2 Å². The summed E-state index contributed by atoms with van der Waals surface area (Å²) in [6.45, 7) is 5.28. The van der Waals surface area contributed by atoms with Crippen molar-refractivity contribution in [3.05, 3.63) is 30.3 Å². The molecule has 3 amide bonds. The molecule has 0 bridgehead atoms. The lowest BCUT2D eigenvalue weighted by molar-refractivity contribution is -0.126. The Hall–Kier alpha value is -2.08. The normalized spacial score (nSPS) is 18.4. The molecule has 0 aliphatic carbocycles. The first-order valence-corrected chi connectivity index (χ1v) is 8.03. The van der Waals surface area contributed by atoms with Crippen molar-refractivity contribution in [2.75, 3.05) is 25.0 Å². The summed E-state index contributed by atoms with van der Waals surface area (Å²) in [4.78, 5) is 26.3. The largest absolute Gasteiger partial charge is 0.354 e. The van der Waals surface area contributed by atoms with Crippen molar-refractivity contribution in [1.29, 1.82) is 0 Å². The number of nitrogens with zero attached hydrogens (tertiary/aromatic N) is 1. The zero-order valence-corrected chi connectivity index (χ0v) is 13.8. The third-order valence-electron chi connectivity index (χ3n) is 3.82. The fourth-order valence-electron chi connectivity index (χ4n) is 2.56. The third kappa shape index (κ3) is 5.56. The van der Waals surface area contributed by atoms with Crippen LogP contribution >= 0.6 is 0 Å². The van der Waals surface area contributed by atoms with E-state index in [1.54, 1.807) is 4.90 Å². The minimum atomic E-state index is -0.436. The van der Waals surface area contributed by atoms with E-state index in [0.29, 0.717) is 19.6 Å². The van der Waals surface area contributed by atoms with Gasteiger partial charge in [-0.3, -0.25) is 4.79 Å². The number of hydrogen-bond donors (Lipinski definition) is 3. The molecule has 1 heterocycles. The zero-order valence-electron chi connectivity index (χ0n) is 13.8. The van der Waals surface area contributed by atoms with Crippen LogP contribution in [0.4, 0.5) is 10.5 Å². The van der Waals surface area contributed by atoms with Crippen LogP contribution in [0, 0.1) is 5.92 Å². The topological polar surface area (TPSA) is 87.5 Å². The van der Waals surface area contributed by atoms with Crippen LogP contribution in [-0.2, 0) is 4.79 Å². The van der Waals surface area contributed by atoms with Gasteiger partial charge in [-0.2, -0.15) is 0 Å². The number of rotatable bonds is 4. The predicted octanol–water partition coefficient (Wildman–Crippen LogP) is 1.78. The molecule has 4 N–H and O–H groups in total. The number of benzene rings is 1. The number of amides is 3. The smallest absolute Gasteiger partial charge is 0.321 e. The Balaban J connectivity index is 1.87. The first kappa shape index (κ1) is 17.3. The third-order valence-corrected chi connectivity index (χ3v) is 3.82. The van der Waals surface area contributed by atoms with Gasteiger partial charge in [-0.1, -0.05) is 18.2 Å². The number of nitrogens with two attached hydrogens (primary N) is 1. The van der Waals surface area contributed by atoms with E-state index in [1.807, 2.05) is 44.2 Å². The summed E-state index contributed by atoms with van der Waals surface area (Å²) in [6, 6.07) is 9.17. The van der Waals surface area contributed by atoms with E-state index in [2.05, 4.69) is 10.6 Å². The highest BCUT2D eigenvalue weighted by Crippen LogP contribution is 2.18. The van der Waals surface area contributed by atoms with E-state index < -0.39 is 5.54 Å². The fourth-order valence-corrected chi connectivity index (χ4v) is 2.56. The highest BCUT2D eigenvalue weighted by atomic mass is 16.2. The Morgan fingerprint density at radius 3 is 2.65 bits per heavy atom. The minimum Gasteiger partial charge on any atom is -0.354 e. The van der Waals surface area contributed by atoms with Crippen LogP contribution < -0.4 is 16.4 Å². The van der Waals surface area contributed by atoms with Gasteiger partial charge in [-0.25, -0.2) is 4.79 Å². The second-order valence-corrected chi connectivity index (χ2v) is 6.79. The van der Waals surface area contributed by atoms with E-state index in [4.69, 9.17) is 5.73 Å². The van der Waals surface area contributed by atoms with Gasteiger partial charge in [0.1, 0.15) is 0 Å². The molecule has 0 spiro atoms. The Labute approximate surface area is 137 Å². The van der Waals surface area contributed by atoms with Gasteiger partial charge in [0.15, 0.2) is 0 Å². The van der Waals surface area contributed by atoms with Crippen LogP contribution in [0.2, 0.25) is 0 Å². The summed E-state index contributed by atoms with van der Waals surface area (Å²) >= 11 is 0. The van der Waals surface area contributed by atoms with Crippen LogP contribution in [0.3, 0.4) is 0 Å². The van der Waals surface area contributed by atoms with Gasteiger partial charge < -0.3 is 21.3 Å². The lowest BCUT2D eigenvalue weighted by atomic mass is 9.97. The molecule has 0 radical (unpaired) electrons. The molecule has 6 heteroatoms. The summed E-state index contributed by atoms with van der Waals surface area (Å²) in [5.41, 5.74) is 6.21. The first-order valence-electron chi connectivity index (χ1n) is 8.03. The maximum absolute atomic E-state index is 12.3. The summed E-state index contributed by atoms with van der Waals surface area (Å²) < 4.78 is 0. The van der Waals surface area contributed by atoms with Gasteiger partial charge >= 0.3 is 6.03 Å². The van der Waals surface area contributed by atoms with Crippen LogP contribution in [0.15, 0.2) is 30.3 Å². The molecule has 23 heavy (non-hydrogen) atoms. The molecule has 1 aliphatic rings. The molecule has 0 saturated carbocycles. The molecule has 6 nitrogen and oxygen atoms in total. The molecule has 1 atom stereocenters. The molecule has 1 aromatic carbocycles. The van der Waals surface area contributed by atoms with Crippen LogP contribution in [0.5, 0.6) is 0 Å². The first-order chi connectivity index (χ1) is 10.8. The lowest BCUT2D eigenvalue weighted by Gasteiger charge is -2.32. The number of piperidine rings is 1. The second-order valence-electron chi connectivity index (χ2n) is 6.79. The summed E-state index contributed by atoms with van der Waals surface area (Å²) in [5.74, 6) is -0.201. The molecule has 1 unspecified atom stereocenters. The van der Waals surface area contributed by atoms with Crippen molar-refractivity contribution < 1.29 is 9.59 Å². The summed E-state index contributed by atoms with van der Waals surface area (Å²) in [7, 11) is 0. The quantitative estimate of drug-likeness (QED) is 0.791. The van der Waals surface area contributed by atoms with Crippen LogP contribution in [0.1, 0.15) is 26.7 Å². The van der Waals surface area contributed by atoms with E-state index in [0.717, 1.165) is 18.5 Å². The molecule has 1 aromatic rings. The maximum atomic E-state index is 12.3. The molecule has 1 aliphatic heterocycles. The monoisotopic (exact) mass is 318 g/mol. The number of carbonyl (C=O) groups is 2. The number of anilines is 1. The minimum absolute atomic E-state index is 0.0271. The number of carbonyl (C=O) groups excluding carboxylic acids is 2. The van der Waals surface area contributed by atoms with Gasteiger partial charge in [-0.15, -0.1) is 0 Å². The van der Waals surface area contributed by atoms with Crippen LogP contribution in [-0.4, -0.2) is 42.0 Å². The second kappa shape index (κ2) is 7.46. The molecule has 1 saturated heterocycles. The van der Waals surface area contributed by atoms with Crippen molar-refractivity contribution in [3.63, 3.8) is 0 Å². The van der Waals surface area contributed by atoms with Gasteiger partial charge in [0.25, 0.3) is 0 Å². The Morgan fingerprint density at radius 2 is 2.00 bits per heavy atom. The standard InChI is InChI=1S/C17H26N4O2/c1-17(2,18)12-19-15(22)13-7-6-10-21(11-13)16(23)20-14-8-4-3-5-9-14/h3-5,8-9,13H,6-7,10-12,18H2,1-2H3,(H,19,22)(H,20,23). The number of likely N-dealkylation sites (tertiary alicyclic amines) is 1. The lowest BCUT2D eigenvalue weighted by Crippen LogP contribution is -2.50. The number of nitrogens with one attached hydrogen (secondary N) is 2. The van der Waals surface area contributed by atoms with Gasteiger partial charge in [-0.05, 0) is 38.8 Å². The number of hydrogen-bond acceptors (Lipinski definition) is 3. The molecule has 2 rings (SSSR count). The molecule has 0 aromatic heterocycles. The average Bonchev–Trinajstić information content (AvgIpc) is 2.53. The van der Waals surface area contributed by atoms with Crippen molar-refractivity contribution in [2.45, 2.75) is 32.2 Å². The highest BCUT2D eigenvalue weighted by molar-refractivity contribution is 5.90. The SMILES string of the molecule is CC(C)(N)CNC(=O)C1CCCN(C(=O)Nc2ccccc2)C1. The van der Waals surface area contributed by atoms with Crippen molar-refractivity contribution >= 4 is 17.6 Å². The van der Waals surface area contributed by atoms with Crippen molar-refractivity contribution in [2.24, 2.45) is 11.7 Å². The van der Waals surface area contributed by atoms with Gasteiger partial charge in [0.2, 0.25) is 5.91 Å². The van der Waals surface area contributed by atoms with Gasteiger partial charge in [0, 0.05) is 30.9 Å². The Bertz CT molecular complexity index is 539. The fraction of sp³-hybridized carbons (Fsp3) is 0.529. The van der Waals surface area contributed by atoms with Gasteiger partial charge in [0.05, 0.1) is 5.92 Å². The molecular weight excluding hydrogens is 292 g/mol. The van der Waals surface area contributed by atoms with E-state index >= 15 is 0 Å². The van der Waals surface area contributed by atoms with E-state index in [-0.39, 0.29) is 17.9 Å². The van der Waals surface area contributed by atoms with E-state index in [1.165, 1.54) is 0 Å². The highest BCUT2D eigenvalue weighted by Gasteiger charge is 2.29. The average molecular weight is 318 g/mol. The van der Waals surface area contributed by atoms with E-state index in [9.17, 15) is 9.59 Å². The predicted molar refractivity (Wildman–Crippen MR) is 91.0 cm³/mol. The maximum Gasteiger partial charge on any atom is 0.321 e. The molecular formula is C17H26N4O2. The molecule has 1 fully saturated rings. The Morgan fingerprint density at radius 1 is 1.30 bits per heavy atom. The summed E-state index contributed by atoms with van der Waals surface area (Å²) in [6.07, 6.45) is 1.62. The summed E-state index contributed by atoms with van der Waals surface area (Å²) in [5, 5.41) is 5.74. The van der Waals surface area contributed by atoms with Crippen LogP contribution in [0.25, 0.3) is 0 Å². The van der Waals surface area contributed by atoms with Crippen molar-refractivity contribution in [3.8, 4) is 0 Å². The zero-order chi connectivity index (χ0) is 16.9. The number of urea groups is 1. The Kier molecular flexibility index (Phi) is 5.60. The number of para-hydroxylation sites is 1. The molecule has 126 valence electrons.